The molecule has 1 saturated heterocycles. The number of hydrogen-bond donors (Lipinski definition) is 1. The minimum Gasteiger partial charge on any atom is -0.497 e. The van der Waals surface area contributed by atoms with Crippen LogP contribution >= 0.6 is 0 Å². The lowest BCUT2D eigenvalue weighted by Crippen LogP contribution is -2.47. The highest BCUT2D eigenvalue weighted by atomic mass is 16.7. The van der Waals surface area contributed by atoms with E-state index < -0.39 is 12.0 Å². The summed E-state index contributed by atoms with van der Waals surface area (Å²) < 4.78 is 5.19. The van der Waals surface area contributed by atoms with Crippen molar-refractivity contribution in [1.29, 1.82) is 0 Å². The Kier molecular flexibility index (Phi) is 10.0. The van der Waals surface area contributed by atoms with E-state index in [1.165, 1.54) is 5.06 Å². The third-order valence-electron chi connectivity index (χ3n) is 6.07. The zero-order valence-electron chi connectivity index (χ0n) is 20.4. The molecule has 0 bridgehead atoms. The Morgan fingerprint density at radius 3 is 2.80 bits per heavy atom. The van der Waals surface area contributed by atoms with Gasteiger partial charge in [-0.05, 0) is 30.9 Å². The van der Waals surface area contributed by atoms with Crippen LogP contribution in [0.1, 0.15) is 44.6 Å². The van der Waals surface area contributed by atoms with Crippen molar-refractivity contribution < 1.29 is 24.0 Å². The number of hydroxylamine groups is 2. The molecule has 1 aliphatic rings. The van der Waals surface area contributed by atoms with Crippen molar-refractivity contribution in [2.75, 3.05) is 25.5 Å². The summed E-state index contributed by atoms with van der Waals surface area (Å²) in [5, 5.41) is 3.99. The maximum Gasteiger partial charge on any atom is 0.248 e. The summed E-state index contributed by atoms with van der Waals surface area (Å²) in [5.41, 5.74) is 0.929. The van der Waals surface area contributed by atoms with Crippen molar-refractivity contribution in [2.45, 2.75) is 51.7 Å². The largest absolute Gasteiger partial charge is 0.497 e. The van der Waals surface area contributed by atoms with E-state index in [4.69, 9.17) is 9.57 Å². The summed E-state index contributed by atoms with van der Waals surface area (Å²) in [6, 6.07) is 12.3. The van der Waals surface area contributed by atoms with Gasteiger partial charge in [0.2, 0.25) is 18.2 Å². The number of pyridine rings is 1. The smallest absolute Gasteiger partial charge is 0.248 e. The molecule has 35 heavy (non-hydrogen) atoms. The van der Waals surface area contributed by atoms with Gasteiger partial charge in [0.25, 0.3) is 0 Å². The highest BCUT2D eigenvalue weighted by Gasteiger charge is 2.37. The minimum atomic E-state index is -0.588. The number of unbranched alkanes of at least 4 members (excludes halogenated alkanes) is 1. The van der Waals surface area contributed by atoms with Crippen LogP contribution in [0.3, 0.4) is 0 Å². The zero-order chi connectivity index (χ0) is 25.0. The molecule has 188 valence electrons. The number of nitrogens with one attached hydrogen (secondary N) is 1. The van der Waals surface area contributed by atoms with Crippen LogP contribution in [0.5, 0.6) is 5.75 Å². The van der Waals surface area contributed by atoms with E-state index >= 15 is 0 Å². The first-order valence-electron chi connectivity index (χ1n) is 12.1. The fourth-order valence-corrected chi connectivity index (χ4v) is 4.17. The second-order valence-electron chi connectivity index (χ2n) is 8.56. The van der Waals surface area contributed by atoms with Crippen LogP contribution in [-0.4, -0.2) is 59.4 Å². The maximum atomic E-state index is 13.6. The number of benzene rings is 1. The van der Waals surface area contributed by atoms with Gasteiger partial charge in [-0.1, -0.05) is 50.1 Å². The zero-order valence-corrected chi connectivity index (χ0v) is 20.4. The molecule has 9 nitrogen and oxygen atoms in total. The van der Waals surface area contributed by atoms with E-state index in [-0.39, 0.29) is 25.0 Å². The number of anilines is 1. The van der Waals surface area contributed by atoms with Gasteiger partial charge in [-0.3, -0.25) is 19.2 Å². The first-order valence-corrected chi connectivity index (χ1v) is 12.1. The second-order valence-corrected chi connectivity index (χ2v) is 8.56. The first-order chi connectivity index (χ1) is 17.0. The summed E-state index contributed by atoms with van der Waals surface area (Å²) in [4.78, 5) is 49.8. The fraction of sp³-hybridized carbons (Fsp3) is 0.462. The average molecular weight is 483 g/mol. The van der Waals surface area contributed by atoms with E-state index in [0.29, 0.717) is 37.4 Å². The fourth-order valence-electron chi connectivity index (χ4n) is 4.17. The third kappa shape index (κ3) is 7.51. The molecule has 1 aromatic carbocycles. The monoisotopic (exact) mass is 482 g/mol. The molecule has 0 saturated carbocycles. The minimum absolute atomic E-state index is 0.134. The normalized spacial score (nSPS) is 15.9. The number of aromatic nitrogens is 1. The molecular weight excluding hydrogens is 448 g/mol. The highest BCUT2D eigenvalue weighted by molar-refractivity contribution is 5.97. The molecule has 3 rings (SSSR count). The van der Waals surface area contributed by atoms with Crippen LogP contribution in [-0.2, 0) is 25.8 Å². The molecular formula is C26H34N4O5. The van der Waals surface area contributed by atoms with E-state index in [2.05, 4.69) is 17.2 Å². The Balaban J connectivity index is 1.66. The molecule has 1 fully saturated rings. The Bertz CT molecular complexity index is 971. The predicted octanol–water partition coefficient (Wildman–Crippen LogP) is 3.42. The van der Waals surface area contributed by atoms with E-state index in [1.54, 1.807) is 30.3 Å². The Morgan fingerprint density at radius 1 is 1.29 bits per heavy atom. The predicted molar refractivity (Wildman–Crippen MR) is 131 cm³/mol. The van der Waals surface area contributed by atoms with Gasteiger partial charge in [-0.15, -0.1) is 0 Å². The topological polar surface area (TPSA) is 101 Å². The third-order valence-corrected chi connectivity index (χ3v) is 6.07. The Labute approximate surface area is 206 Å². The number of amides is 3. The number of carbonyl (C=O) groups is 3. The molecule has 2 atom stereocenters. The Hall–Kier alpha value is -3.46. The van der Waals surface area contributed by atoms with E-state index in [0.717, 1.165) is 24.8 Å². The molecule has 0 radical (unpaired) electrons. The number of carbonyl (C=O) groups excluding carboxylic acids is 3. The molecule has 3 amide bonds. The molecule has 2 aromatic rings. The van der Waals surface area contributed by atoms with Crippen molar-refractivity contribution in [1.82, 2.24) is 14.9 Å². The molecule has 0 unspecified atom stereocenters. The number of likely N-dealkylation sites (tertiary alicyclic amines) is 1. The summed E-state index contributed by atoms with van der Waals surface area (Å²) in [7, 11) is 1.54. The van der Waals surface area contributed by atoms with Gasteiger partial charge in [-0.25, -0.2) is 10.0 Å². The molecule has 9 heteroatoms. The molecule has 0 aliphatic carbocycles. The van der Waals surface area contributed by atoms with Gasteiger partial charge in [0.1, 0.15) is 24.2 Å². The van der Waals surface area contributed by atoms with Gasteiger partial charge in [0, 0.05) is 18.8 Å². The van der Waals surface area contributed by atoms with E-state index in [1.807, 2.05) is 30.3 Å². The Morgan fingerprint density at radius 2 is 2.09 bits per heavy atom. The van der Waals surface area contributed by atoms with Crippen LogP contribution in [0.25, 0.3) is 0 Å². The SMILES string of the molecule is CCCC[C@H](CN(C=O)OCc1ccccc1)C(=O)N1CCC[C@H]1C(=O)Nc1cc(OC)ccn1. The lowest BCUT2D eigenvalue weighted by atomic mass is 9.99. The molecule has 0 spiro atoms. The van der Waals surface area contributed by atoms with Crippen LogP contribution in [0.4, 0.5) is 5.82 Å². The van der Waals surface area contributed by atoms with Crippen LogP contribution in [0, 0.1) is 5.92 Å². The van der Waals surface area contributed by atoms with Crippen molar-refractivity contribution in [3.63, 3.8) is 0 Å². The molecule has 2 heterocycles. The summed E-state index contributed by atoms with van der Waals surface area (Å²) in [6.45, 7) is 2.92. The van der Waals surface area contributed by atoms with Crippen LogP contribution in [0.2, 0.25) is 0 Å². The second kappa shape index (κ2) is 13.4. The van der Waals surface area contributed by atoms with E-state index in [9.17, 15) is 14.4 Å². The quantitative estimate of drug-likeness (QED) is 0.347. The number of methoxy groups -OCH3 is 1. The molecule has 1 N–H and O–H groups in total. The van der Waals surface area contributed by atoms with Crippen molar-refractivity contribution >= 4 is 24.0 Å². The summed E-state index contributed by atoms with van der Waals surface area (Å²) >= 11 is 0. The highest BCUT2D eigenvalue weighted by Crippen LogP contribution is 2.24. The number of nitrogens with zero attached hydrogens (tertiary/aromatic N) is 3. The van der Waals surface area contributed by atoms with Crippen molar-refractivity contribution in [3.8, 4) is 5.75 Å². The van der Waals surface area contributed by atoms with Gasteiger partial charge in [0.15, 0.2) is 0 Å². The number of ether oxygens (including phenoxy) is 1. The van der Waals surface area contributed by atoms with Crippen molar-refractivity contribution in [2.24, 2.45) is 5.92 Å². The molecule has 1 aliphatic heterocycles. The van der Waals surface area contributed by atoms with Gasteiger partial charge in [-0.2, -0.15) is 0 Å². The van der Waals surface area contributed by atoms with Crippen LogP contribution < -0.4 is 10.1 Å². The number of hydrogen-bond acceptors (Lipinski definition) is 6. The standard InChI is InChI=1S/C26H34N4O5/c1-3-4-11-21(17-29(19-31)35-18-20-9-6-5-7-10-20)26(33)30-15-8-12-23(30)25(32)28-24-16-22(34-2)13-14-27-24/h5-7,9-10,13-14,16,19,21,23H,3-4,8,11-12,15,17-18H2,1-2H3,(H,27,28,32)/t21-,23+/m1/s1. The lowest BCUT2D eigenvalue weighted by Gasteiger charge is -2.30. The first kappa shape index (κ1) is 26.2. The van der Waals surface area contributed by atoms with Crippen LogP contribution in [0.15, 0.2) is 48.7 Å². The summed E-state index contributed by atoms with van der Waals surface area (Å²) in [6.07, 6.45) is 5.83. The van der Waals surface area contributed by atoms with Crippen molar-refractivity contribution in [3.05, 3.63) is 54.2 Å². The van der Waals surface area contributed by atoms with Gasteiger partial charge < -0.3 is 15.0 Å². The summed E-state index contributed by atoms with van der Waals surface area (Å²) in [5.74, 6) is 0.0823. The number of rotatable bonds is 13. The maximum absolute atomic E-state index is 13.6. The lowest BCUT2D eigenvalue weighted by molar-refractivity contribution is -0.183. The van der Waals surface area contributed by atoms with Gasteiger partial charge in [0.05, 0.1) is 19.6 Å². The molecule has 1 aromatic heterocycles. The average Bonchev–Trinajstić information content (AvgIpc) is 3.39. The van der Waals surface area contributed by atoms with Gasteiger partial charge >= 0.3 is 0 Å².